The van der Waals surface area contributed by atoms with Gasteiger partial charge in [-0.1, -0.05) is 60.3 Å². The van der Waals surface area contributed by atoms with Crippen LogP contribution >= 0.6 is 11.8 Å². The van der Waals surface area contributed by atoms with Gasteiger partial charge in [0.05, 0.1) is 29.5 Å². The predicted molar refractivity (Wildman–Crippen MR) is 124 cm³/mol. The Labute approximate surface area is 187 Å². The van der Waals surface area contributed by atoms with Crippen molar-refractivity contribution >= 4 is 34.2 Å². The maximum Gasteiger partial charge on any atom is 0.267 e. The zero-order chi connectivity index (χ0) is 22.1. The van der Waals surface area contributed by atoms with Gasteiger partial charge in [-0.3, -0.25) is 14.0 Å². The summed E-state index contributed by atoms with van der Waals surface area (Å²) in [6.45, 7) is 0. The van der Waals surface area contributed by atoms with E-state index in [9.17, 15) is 9.59 Å². The van der Waals surface area contributed by atoms with Crippen LogP contribution in [0.3, 0.4) is 0 Å². The molecule has 0 unspecified atom stereocenters. The van der Waals surface area contributed by atoms with Gasteiger partial charge in [-0.05, 0) is 24.3 Å². The molecule has 0 saturated heterocycles. The summed E-state index contributed by atoms with van der Waals surface area (Å²) in [6.07, 6.45) is 0. The van der Waals surface area contributed by atoms with Crippen molar-refractivity contribution in [3.05, 3.63) is 94.8 Å². The number of hydrogen-bond donors (Lipinski definition) is 0. The Kier molecular flexibility index (Phi) is 5.20. The number of ketones is 1. The normalized spacial score (nSPS) is 11.2. The quantitative estimate of drug-likeness (QED) is 0.292. The molecule has 5 aromatic rings. The zero-order valence-corrected chi connectivity index (χ0v) is 18.0. The first-order valence-electron chi connectivity index (χ1n) is 9.92. The third-order valence-corrected chi connectivity index (χ3v) is 6.06. The fourth-order valence-electron chi connectivity index (χ4n) is 3.59. The molecule has 0 aliphatic rings. The van der Waals surface area contributed by atoms with Crippen molar-refractivity contribution in [2.24, 2.45) is 0 Å². The van der Waals surface area contributed by atoms with E-state index in [1.165, 1.54) is 16.3 Å². The number of fused-ring (bicyclic) bond motifs is 3. The summed E-state index contributed by atoms with van der Waals surface area (Å²) >= 11 is 1.29. The topological polar surface area (TPSA) is 78.5 Å². The lowest BCUT2D eigenvalue weighted by atomic mass is 10.2. The van der Waals surface area contributed by atoms with Gasteiger partial charge in [0.2, 0.25) is 5.78 Å². The summed E-state index contributed by atoms with van der Waals surface area (Å²) < 4.78 is 8.66. The van der Waals surface area contributed by atoms with E-state index < -0.39 is 0 Å². The van der Waals surface area contributed by atoms with E-state index in [1.807, 2.05) is 59.0 Å². The Morgan fingerprint density at radius 1 is 0.969 bits per heavy atom. The highest BCUT2D eigenvalue weighted by Crippen LogP contribution is 2.25. The summed E-state index contributed by atoms with van der Waals surface area (Å²) in [5.41, 5.74) is 1.75. The maximum atomic E-state index is 13.4. The van der Waals surface area contributed by atoms with Gasteiger partial charge in [-0.15, -0.1) is 10.2 Å². The van der Waals surface area contributed by atoms with E-state index in [0.29, 0.717) is 38.8 Å². The second kappa shape index (κ2) is 8.32. The van der Waals surface area contributed by atoms with Crippen LogP contribution in [0.15, 0.2) is 88.8 Å². The molecule has 2 heterocycles. The predicted octanol–water partition coefficient (Wildman–Crippen LogP) is 4.02. The molecule has 0 bridgehead atoms. The molecule has 3 aromatic carbocycles. The number of para-hydroxylation sites is 1. The van der Waals surface area contributed by atoms with Crippen LogP contribution in [0.4, 0.5) is 0 Å². The minimum atomic E-state index is -0.203. The molecular formula is C24H18N4O3S. The van der Waals surface area contributed by atoms with E-state index in [0.717, 1.165) is 0 Å². The summed E-state index contributed by atoms with van der Waals surface area (Å²) in [6, 6.07) is 23.7. The van der Waals surface area contributed by atoms with Crippen LogP contribution < -0.4 is 10.3 Å². The number of Topliss-reactive ketones (excluding diaryl/α,β-unsaturated/α-hetero) is 1. The molecule has 5 rings (SSSR count). The maximum absolute atomic E-state index is 13.4. The van der Waals surface area contributed by atoms with Gasteiger partial charge in [0, 0.05) is 11.6 Å². The Hall–Kier alpha value is -3.91. The molecule has 7 nitrogen and oxygen atoms in total. The van der Waals surface area contributed by atoms with E-state index >= 15 is 0 Å². The SMILES string of the molecule is COc1cccc(-n2c(=O)c3ccccc3n3c(SCC(=O)c4ccccc4)nnc23)c1. The second-order valence-corrected chi connectivity index (χ2v) is 8.00. The summed E-state index contributed by atoms with van der Waals surface area (Å²) in [5.74, 6) is 1.20. The van der Waals surface area contributed by atoms with E-state index in [1.54, 1.807) is 31.4 Å². The Balaban J connectivity index is 1.66. The Morgan fingerprint density at radius 3 is 2.56 bits per heavy atom. The van der Waals surface area contributed by atoms with Crippen LogP contribution in [0.2, 0.25) is 0 Å². The lowest BCUT2D eigenvalue weighted by Gasteiger charge is -2.12. The molecule has 32 heavy (non-hydrogen) atoms. The fraction of sp³-hybridized carbons (Fsp3) is 0.0833. The van der Waals surface area contributed by atoms with Crippen LogP contribution in [0.25, 0.3) is 22.4 Å². The number of aromatic nitrogens is 4. The lowest BCUT2D eigenvalue weighted by molar-refractivity contribution is 0.102. The average molecular weight is 443 g/mol. The van der Waals surface area contributed by atoms with Crippen LogP contribution in [0.5, 0.6) is 5.75 Å². The average Bonchev–Trinajstić information content (AvgIpc) is 3.27. The fourth-order valence-corrected chi connectivity index (χ4v) is 4.43. The monoisotopic (exact) mass is 442 g/mol. The number of rotatable bonds is 6. The number of ether oxygens (including phenoxy) is 1. The van der Waals surface area contributed by atoms with Gasteiger partial charge in [-0.2, -0.15) is 0 Å². The summed E-state index contributed by atoms with van der Waals surface area (Å²) in [7, 11) is 1.58. The van der Waals surface area contributed by atoms with E-state index in [-0.39, 0.29) is 17.1 Å². The number of thioether (sulfide) groups is 1. The molecule has 158 valence electrons. The number of nitrogens with zero attached hydrogens (tertiary/aromatic N) is 4. The van der Waals surface area contributed by atoms with Crippen molar-refractivity contribution in [2.75, 3.05) is 12.9 Å². The van der Waals surface area contributed by atoms with Gasteiger partial charge < -0.3 is 4.74 Å². The molecule has 0 radical (unpaired) electrons. The van der Waals surface area contributed by atoms with Gasteiger partial charge in [0.15, 0.2) is 10.9 Å². The molecule has 8 heteroatoms. The van der Waals surface area contributed by atoms with Crippen LogP contribution in [0, 0.1) is 0 Å². The zero-order valence-electron chi connectivity index (χ0n) is 17.1. The van der Waals surface area contributed by atoms with Crippen molar-refractivity contribution in [2.45, 2.75) is 5.16 Å². The van der Waals surface area contributed by atoms with Gasteiger partial charge in [0.1, 0.15) is 5.75 Å². The first-order valence-corrected chi connectivity index (χ1v) is 10.9. The Morgan fingerprint density at radius 2 is 1.75 bits per heavy atom. The van der Waals surface area contributed by atoms with Crippen LogP contribution in [0.1, 0.15) is 10.4 Å². The van der Waals surface area contributed by atoms with Crippen LogP contribution in [-0.2, 0) is 0 Å². The second-order valence-electron chi connectivity index (χ2n) is 7.06. The lowest BCUT2D eigenvalue weighted by Crippen LogP contribution is -2.22. The molecule has 0 saturated carbocycles. The minimum absolute atomic E-state index is 0.00206. The molecule has 0 fully saturated rings. The highest BCUT2D eigenvalue weighted by atomic mass is 32.2. The van der Waals surface area contributed by atoms with Crippen molar-refractivity contribution in [3.8, 4) is 11.4 Å². The molecule has 2 aromatic heterocycles. The van der Waals surface area contributed by atoms with Crippen molar-refractivity contribution in [3.63, 3.8) is 0 Å². The molecule has 0 N–H and O–H groups in total. The third-order valence-electron chi connectivity index (χ3n) is 5.13. The third kappa shape index (κ3) is 3.44. The van der Waals surface area contributed by atoms with Gasteiger partial charge >= 0.3 is 0 Å². The van der Waals surface area contributed by atoms with Crippen molar-refractivity contribution in [1.82, 2.24) is 19.2 Å². The molecule has 0 aliphatic heterocycles. The number of carbonyl (C=O) groups is 1. The first kappa shape index (κ1) is 20.0. The van der Waals surface area contributed by atoms with Crippen molar-refractivity contribution < 1.29 is 9.53 Å². The van der Waals surface area contributed by atoms with E-state index in [4.69, 9.17) is 4.74 Å². The standard InChI is InChI=1S/C24H18N4O3S/c1-31-18-11-7-10-17(14-18)27-22(30)19-12-5-6-13-20(19)28-23(27)25-26-24(28)32-15-21(29)16-8-3-2-4-9-16/h2-14H,15H2,1H3. The van der Waals surface area contributed by atoms with Crippen LogP contribution in [-0.4, -0.2) is 37.8 Å². The number of carbonyl (C=O) groups excluding carboxylic acids is 1. The number of hydrogen-bond acceptors (Lipinski definition) is 6. The largest absolute Gasteiger partial charge is 0.497 e. The molecule has 0 spiro atoms. The first-order chi connectivity index (χ1) is 15.7. The summed E-state index contributed by atoms with van der Waals surface area (Å²) in [4.78, 5) is 26.0. The van der Waals surface area contributed by atoms with Gasteiger partial charge in [-0.25, -0.2) is 4.57 Å². The highest BCUT2D eigenvalue weighted by Gasteiger charge is 2.19. The molecule has 0 atom stereocenters. The Bertz CT molecular complexity index is 1510. The highest BCUT2D eigenvalue weighted by molar-refractivity contribution is 7.99. The smallest absolute Gasteiger partial charge is 0.267 e. The summed E-state index contributed by atoms with van der Waals surface area (Å²) in [5, 5.41) is 9.69. The molecule has 0 amide bonds. The molecule has 0 aliphatic carbocycles. The molecular weight excluding hydrogens is 424 g/mol. The van der Waals surface area contributed by atoms with E-state index in [2.05, 4.69) is 10.2 Å². The number of benzene rings is 3. The number of methoxy groups -OCH3 is 1. The minimum Gasteiger partial charge on any atom is -0.497 e. The van der Waals surface area contributed by atoms with Crippen molar-refractivity contribution in [1.29, 1.82) is 0 Å². The van der Waals surface area contributed by atoms with Gasteiger partial charge in [0.25, 0.3) is 5.56 Å².